The Bertz CT molecular complexity index is 2640. The summed E-state index contributed by atoms with van der Waals surface area (Å²) in [6, 6.07) is 45.6. The van der Waals surface area contributed by atoms with Gasteiger partial charge in [-0.2, -0.15) is 0 Å². The molecule has 0 heterocycles. The summed E-state index contributed by atoms with van der Waals surface area (Å²) in [5.41, 5.74) is 9.01. The second-order valence-corrected chi connectivity index (χ2v) is 21.5. The van der Waals surface area contributed by atoms with Gasteiger partial charge in [-0.15, -0.1) is 0 Å². The van der Waals surface area contributed by atoms with Crippen LogP contribution in [0.3, 0.4) is 0 Å². The van der Waals surface area contributed by atoms with E-state index in [2.05, 4.69) is 97.1 Å². The Morgan fingerprint density at radius 3 is 1.06 bits per heavy atom. The number of carbonyl (C=O) groups is 2. The van der Waals surface area contributed by atoms with Crippen molar-refractivity contribution in [3.05, 3.63) is 178 Å². The molecule has 9 aliphatic carbocycles. The Balaban J connectivity index is 0.841. The highest BCUT2D eigenvalue weighted by atomic mass is 16.5. The third-order valence-corrected chi connectivity index (χ3v) is 17.7. The van der Waals surface area contributed by atoms with E-state index >= 15 is 0 Å². The van der Waals surface area contributed by atoms with Gasteiger partial charge in [-0.05, 0) is 229 Å². The first kappa shape index (κ1) is 39.2. The first-order valence-corrected chi connectivity index (χ1v) is 24.2. The number of hydrogen-bond acceptors (Lipinski definition) is 4. The number of benzene rings is 6. The molecule has 0 aromatic heterocycles. The van der Waals surface area contributed by atoms with Crippen LogP contribution in [0.15, 0.2) is 133 Å². The number of aromatic carboxylic acids is 2. The summed E-state index contributed by atoms with van der Waals surface area (Å²) in [4.78, 5) is 25.3. The second-order valence-electron chi connectivity index (χ2n) is 21.5. The maximum absolute atomic E-state index is 12.6. The van der Waals surface area contributed by atoms with Gasteiger partial charge in [-0.25, -0.2) is 9.59 Å². The molecule has 0 aliphatic heterocycles. The Hall–Kier alpha value is -6.14. The molecule has 6 aromatic carbocycles. The number of rotatable bonds is 10. The molecule has 0 spiro atoms. The van der Waals surface area contributed by atoms with Crippen LogP contribution in [0.2, 0.25) is 0 Å². The van der Waals surface area contributed by atoms with E-state index in [1.807, 2.05) is 24.3 Å². The predicted octanol–water partition coefficient (Wildman–Crippen LogP) is 14.0. The predicted molar refractivity (Wildman–Crippen MR) is 250 cm³/mol. The lowest BCUT2D eigenvalue weighted by molar-refractivity contribution is -0.00595. The molecule has 8 fully saturated rings. The van der Waals surface area contributed by atoms with Gasteiger partial charge in [-0.3, -0.25) is 0 Å². The van der Waals surface area contributed by atoms with E-state index in [0.717, 1.165) is 60.8 Å². The molecular formula is C59H54O6. The van der Waals surface area contributed by atoms with Gasteiger partial charge in [0.25, 0.3) is 0 Å². The van der Waals surface area contributed by atoms with Crippen LogP contribution in [-0.2, 0) is 16.2 Å². The summed E-state index contributed by atoms with van der Waals surface area (Å²) >= 11 is 0. The van der Waals surface area contributed by atoms with E-state index in [1.165, 1.54) is 60.8 Å². The summed E-state index contributed by atoms with van der Waals surface area (Å²) in [6.07, 6.45) is 14.3. The van der Waals surface area contributed by atoms with Crippen molar-refractivity contribution in [3.8, 4) is 34.1 Å². The third-order valence-electron chi connectivity index (χ3n) is 17.7. The lowest BCUT2D eigenvalue weighted by Crippen LogP contribution is -2.49. The number of ether oxygens (including phenoxy) is 2. The van der Waals surface area contributed by atoms with Gasteiger partial charge in [0, 0.05) is 0 Å². The van der Waals surface area contributed by atoms with Crippen molar-refractivity contribution >= 4 is 11.9 Å². The minimum atomic E-state index is -0.857. The number of carboxylic acid groups (broad SMARTS) is 2. The van der Waals surface area contributed by atoms with Crippen molar-refractivity contribution in [2.45, 2.75) is 93.3 Å². The lowest BCUT2D eigenvalue weighted by Gasteiger charge is -2.57. The molecule has 15 rings (SSSR count). The fourth-order valence-electron chi connectivity index (χ4n) is 16.1. The Labute approximate surface area is 380 Å². The van der Waals surface area contributed by atoms with Crippen LogP contribution in [0, 0.1) is 35.5 Å². The topological polar surface area (TPSA) is 93.1 Å². The van der Waals surface area contributed by atoms with Gasteiger partial charge in [0.1, 0.15) is 23.0 Å². The van der Waals surface area contributed by atoms with Crippen molar-refractivity contribution in [1.29, 1.82) is 0 Å². The first-order chi connectivity index (χ1) is 31.6. The molecule has 0 atom stereocenters. The van der Waals surface area contributed by atoms with Gasteiger partial charge >= 0.3 is 11.9 Å². The van der Waals surface area contributed by atoms with Crippen LogP contribution >= 0.6 is 0 Å². The lowest BCUT2D eigenvalue weighted by atomic mass is 9.47. The summed E-state index contributed by atoms with van der Waals surface area (Å²) in [5, 5.41) is 20.7. The van der Waals surface area contributed by atoms with Crippen molar-refractivity contribution in [2.75, 3.05) is 0 Å². The highest BCUT2D eigenvalue weighted by molar-refractivity contribution is 5.91. The Morgan fingerprint density at radius 1 is 0.400 bits per heavy atom. The van der Waals surface area contributed by atoms with Gasteiger partial charge in [0.15, 0.2) is 0 Å². The second kappa shape index (κ2) is 14.4. The zero-order valence-corrected chi connectivity index (χ0v) is 36.7. The molecule has 8 bridgehead atoms. The molecule has 6 aromatic rings. The molecule has 0 amide bonds. The van der Waals surface area contributed by atoms with Crippen LogP contribution in [0.4, 0.5) is 0 Å². The zero-order chi connectivity index (χ0) is 43.7. The van der Waals surface area contributed by atoms with E-state index in [4.69, 9.17) is 9.47 Å². The molecule has 6 nitrogen and oxygen atoms in total. The van der Waals surface area contributed by atoms with Crippen molar-refractivity contribution in [3.63, 3.8) is 0 Å². The van der Waals surface area contributed by atoms with E-state index < -0.39 is 17.4 Å². The maximum atomic E-state index is 12.6. The fraction of sp³-hybridized carbons (Fsp3) is 0.356. The van der Waals surface area contributed by atoms with Crippen LogP contribution < -0.4 is 9.47 Å². The summed E-state index contributed by atoms with van der Waals surface area (Å²) < 4.78 is 13.3. The minimum Gasteiger partial charge on any atom is -0.478 e. The van der Waals surface area contributed by atoms with Crippen molar-refractivity contribution < 1.29 is 29.3 Å². The molecule has 8 saturated carbocycles. The average molecular weight is 859 g/mol. The van der Waals surface area contributed by atoms with Crippen LogP contribution in [0.1, 0.15) is 131 Å². The van der Waals surface area contributed by atoms with E-state index in [-0.39, 0.29) is 10.8 Å². The van der Waals surface area contributed by atoms with E-state index in [0.29, 0.717) is 69.6 Å². The normalized spacial score (nSPS) is 29.3. The molecular weight excluding hydrogens is 805 g/mol. The standard InChI is InChI=1S/C59H54O6/c60-55(61)49-19-17-45(27-53(49)57-29-35-21-36(30-57)23-37(22-35)31-57)64-43-13-9-41(10-14-43)59(51-7-3-1-5-47(51)48-6-2-4-8-52(48)59)42-11-15-44(16-12-42)65-46-18-20-50(56(62)63)54(28-46)58-32-38-24-39(33-58)26-40(25-38)34-58/h1-20,27-28,35-40H,21-26,29-34H2,(H,60,61)(H,62,63). The highest BCUT2D eigenvalue weighted by Gasteiger charge is 2.54. The molecule has 0 saturated heterocycles. The van der Waals surface area contributed by atoms with Gasteiger partial charge in [0.2, 0.25) is 0 Å². The van der Waals surface area contributed by atoms with Crippen LogP contribution in [0.25, 0.3) is 11.1 Å². The average Bonchev–Trinajstić information content (AvgIpc) is 3.59. The SMILES string of the molecule is O=C(O)c1ccc(Oc2ccc(C3(c4ccc(Oc5ccc(C(=O)O)c(C67CC8CC(CC(C8)C6)C7)c5)cc4)c4ccccc4-c4ccccc43)cc2)cc1C12CC3CC(CC(C3)C1)C2. The quantitative estimate of drug-likeness (QED) is 0.142. The molecule has 326 valence electrons. The highest BCUT2D eigenvalue weighted by Crippen LogP contribution is 2.63. The summed E-state index contributed by atoms with van der Waals surface area (Å²) in [5.74, 6) is 5.24. The monoisotopic (exact) mass is 858 g/mol. The maximum Gasteiger partial charge on any atom is 0.335 e. The molecule has 2 N–H and O–H groups in total. The smallest absolute Gasteiger partial charge is 0.335 e. The number of hydrogen-bond donors (Lipinski definition) is 2. The molecule has 9 aliphatic rings. The van der Waals surface area contributed by atoms with Gasteiger partial charge < -0.3 is 19.7 Å². The third kappa shape index (κ3) is 6.11. The molecule has 0 unspecified atom stereocenters. The molecule has 6 heteroatoms. The van der Waals surface area contributed by atoms with Gasteiger partial charge in [0.05, 0.1) is 16.5 Å². The largest absolute Gasteiger partial charge is 0.478 e. The van der Waals surface area contributed by atoms with Gasteiger partial charge in [-0.1, -0.05) is 72.8 Å². The minimum absolute atomic E-state index is 0.0794. The first-order valence-electron chi connectivity index (χ1n) is 24.2. The van der Waals surface area contributed by atoms with Crippen LogP contribution in [-0.4, -0.2) is 22.2 Å². The van der Waals surface area contributed by atoms with E-state index in [9.17, 15) is 19.8 Å². The Morgan fingerprint density at radius 2 is 0.723 bits per heavy atom. The molecule has 0 radical (unpaired) electrons. The van der Waals surface area contributed by atoms with E-state index in [1.54, 1.807) is 12.1 Å². The zero-order valence-electron chi connectivity index (χ0n) is 36.7. The Kier molecular flexibility index (Phi) is 8.71. The number of fused-ring (bicyclic) bond motifs is 3. The molecule has 65 heavy (non-hydrogen) atoms. The van der Waals surface area contributed by atoms with Crippen LogP contribution in [0.5, 0.6) is 23.0 Å². The van der Waals surface area contributed by atoms with Crippen molar-refractivity contribution in [1.82, 2.24) is 0 Å². The van der Waals surface area contributed by atoms with Crippen molar-refractivity contribution in [2.24, 2.45) is 35.5 Å². The summed E-state index contributed by atoms with van der Waals surface area (Å²) in [7, 11) is 0. The fourth-order valence-corrected chi connectivity index (χ4v) is 16.1. The summed E-state index contributed by atoms with van der Waals surface area (Å²) in [6.45, 7) is 0. The number of carboxylic acids is 2.